The van der Waals surface area contributed by atoms with E-state index in [2.05, 4.69) is 4.99 Å². The zero-order valence-electron chi connectivity index (χ0n) is 17.7. The molecule has 0 spiro atoms. The minimum Gasteiger partial charge on any atom is -0.481 e. The quantitative estimate of drug-likeness (QED) is 0.610. The Morgan fingerprint density at radius 2 is 1.84 bits per heavy atom. The Kier molecular flexibility index (Phi) is 7.00. The second-order valence-corrected chi connectivity index (χ2v) is 8.02. The Morgan fingerprint density at radius 3 is 2.25 bits per heavy atom. The number of halogens is 6. The standard InChI is InChI=1S/C21H22F6N2O3/c1-10(2)19(18(30)31)16(9-32-4)29-11(3)14(8-28)17(19)13-6-5-12(20(22,23)24)7-15(13)21(25,26)27/h5-7,10,14,16-17H,9H2,1-4H3,(H,30,31). The summed E-state index contributed by atoms with van der Waals surface area (Å²) in [6.45, 7) is 4.04. The van der Waals surface area contributed by atoms with E-state index < -0.39 is 64.2 Å². The van der Waals surface area contributed by atoms with Crippen LogP contribution in [0.25, 0.3) is 0 Å². The maximum Gasteiger partial charge on any atom is 0.416 e. The van der Waals surface area contributed by atoms with Crippen LogP contribution in [0.2, 0.25) is 0 Å². The van der Waals surface area contributed by atoms with Gasteiger partial charge in [-0.3, -0.25) is 9.79 Å². The van der Waals surface area contributed by atoms with E-state index in [4.69, 9.17) is 4.74 Å². The topological polar surface area (TPSA) is 82.7 Å². The molecule has 11 heteroatoms. The number of carboxylic acids is 1. The molecule has 1 aliphatic rings. The normalized spacial score (nSPS) is 26.6. The number of nitrogens with zero attached hydrogens (tertiary/aromatic N) is 2. The summed E-state index contributed by atoms with van der Waals surface area (Å²) in [5, 5.41) is 20.0. The monoisotopic (exact) mass is 464 g/mol. The van der Waals surface area contributed by atoms with Gasteiger partial charge in [-0.2, -0.15) is 31.6 Å². The Bertz CT molecular complexity index is 948. The highest BCUT2D eigenvalue weighted by molar-refractivity contribution is 5.92. The van der Waals surface area contributed by atoms with E-state index in [1.165, 1.54) is 27.9 Å². The van der Waals surface area contributed by atoms with Crippen molar-refractivity contribution in [2.24, 2.45) is 22.2 Å². The molecule has 1 N–H and O–H groups in total. The summed E-state index contributed by atoms with van der Waals surface area (Å²) in [5.41, 5.74) is -5.80. The van der Waals surface area contributed by atoms with Gasteiger partial charge in [0.15, 0.2) is 0 Å². The minimum absolute atomic E-state index is 0.0386. The molecule has 0 saturated heterocycles. The number of nitriles is 1. The molecule has 1 aromatic carbocycles. The van der Waals surface area contributed by atoms with Crippen molar-refractivity contribution in [2.75, 3.05) is 13.7 Å². The van der Waals surface area contributed by atoms with Gasteiger partial charge in [-0.1, -0.05) is 19.9 Å². The van der Waals surface area contributed by atoms with E-state index >= 15 is 0 Å². The third-order valence-electron chi connectivity index (χ3n) is 6.02. The van der Waals surface area contributed by atoms with Gasteiger partial charge in [-0.15, -0.1) is 0 Å². The highest BCUT2D eigenvalue weighted by Crippen LogP contribution is 2.55. The van der Waals surface area contributed by atoms with Crippen molar-refractivity contribution >= 4 is 11.7 Å². The molecule has 0 bridgehead atoms. The van der Waals surface area contributed by atoms with Crippen LogP contribution in [0.4, 0.5) is 26.3 Å². The smallest absolute Gasteiger partial charge is 0.416 e. The number of benzene rings is 1. The summed E-state index contributed by atoms with van der Waals surface area (Å²) in [6, 6.07) is 1.72. The summed E-state index contributed by atoms with van der Waals surface area (Å²) >= 11 is 0. The second-order valence-electron chi connectivity index (χ2n) is 8.02. The SMILES string of the molecule is COCC1N=C(C)C(C#N)C(c2ccc(C(F)(F)F)cc2C(F)(F)F)C1(C(=O)O)C(C)C. The van der Waals surface area contributed by atoms with Crippen LogP contribution in [-0.4, -0.2) is 36.5 Å². The van der Waals surface area contributed by atoms with Crippen LogP contribution in [-0.2, 0) is 21.9 Å². The van der Waals surface area contributed by atoms with Crippen molar-refractivity contribution < 1.29 is 41.0 Å². The Balaban J connectivity index is 3.00. The van der Waals surface area contributed by atoms with Crippen molar-refractivity contribution in [3.63, 3.8) is 0 Å². The van der Waals surface area contributed by atoms with E-state index in [1.54, 1.807) is 0 Å². The van der Waals surface area contributed by atoms with E-state index in [1.807, 2.05) is 6.07 Å². The molecule has 4 atom stereocenters. The maximum absolute atomic E-state index is 13.9. The molecule has 5 nitrogen and oxygen atoms in total. The molecule has 0 saturated carbocycles. The number of hydrogen-bond donors (Lipinski definition) is 1. The molecule has 4 unspecified atom stereocenters. The summed E-state index contributed by atoms with van der Waals surface area (Å²) < 4.78 is 86.4. The first kappa shape index (κ1) is 25.6. The van der Waals surface area contributed by atoms with E-state index in [0.717, 1.165) is 0 Å². The van der Waals surface area contributed by atoms with Gasteiger partial charge in [0.2, 0.25) is 0 Å². The first-order chi connectivity index (χ1) is 14.6. The number of aliphatic imine (C=N–C) groups is 1. The zero-order valence-corrected chi connectivity index (χ0v) is 17.7. The van der Waals surface area contributed by atoms with Crippen molar-refractivity contribution in [3.8, 4) is 6.07 Å². The predicted molar refractivity (Wildman–Crippen MR) is 102 cm³/mol. The molecular formula is C21H22F6N2O3. The number of hydrogen-bond acceptors (Lipinski definition) is 4. The lowest BCUT2D eigenvalue weighted by molar-refractivity contribution is -0.160. The fourth-order valence-electron chi connectivity index (χ4n) is 4.61. The van der Waals surface area contributed by atoms with Gasteiger partial charge in [-0.05, 0) is 30.5 Å². The van der Waals surface area contributed by atoms with Gasteiger partial charge in [0, 0.05) is 18.7 Å². The molecule has 1 heterocycles. The molecule has 2 rings (SSSR count). The number of alkyl halides is 6. The van der Waals surface area contributed by atoms with Gasteiger partial charge < -0.3 is 9.84 Å². The number of carbonyl (C=O) groups is 1. The van der Waals surface area contributed by atoms with Gasteiger partial charge in [0.25, 0.3) is 0 Å². The van der Waals surface area contributed by atoms with Crippen molar-refractivity contribution in [2.45, 2.75) is 45.1 Å². The van der Waals surface area contributed by atoms with E-state index in [9.17, 15) is 41.5 Å². The Labute approximate surface area is 180 Å². The summed E-state index contributed by atoms with van der Waals surface area (Å²) in [4.78, 5) is 16.9. The molecule has 0 amide bonds. The van der Waals surface area contributed by atoms with Crippen LogP contribution in [0, 0.1) is 28.6 Å². The molecule has 0 aromatic heterocycles. The lowest BCUT2D eigenvalue weighted by Gasteiger charge is -2.49. The maximum atomic E-state index is 13.9. The third kappa shape index (κ3) is 4.20. The second kappa shape index (κ2) is 8.73. The average molecular weight is 464 g/mol. The molecule has 1 aromatic rings. The fraction of sp³-hybridized carbons (Fsp3) is 0.571. The lowest BCUT2D eigenvalue weighted by Crippen LogP contribution is -2.57. The highest BCUT2D eigenvalue weighted by atomic mass is 19.4. The first-order valence-electron chi connectivity index (χ1n) is 9.58. The summed E-state index contributed by atoms with van der Waals surface area (Å²) in [7, 11) is 1.27. The molecular weight excluding hydrogens is 442 g/mol. The van der Waals surface area contributed by atoms with Crippen molar-refractivity contribution in [3.05, 3.63) is 34.9 Å². The van der Waals surface area contributed by atoms with Gasteiger partial charge in [0.05, 0.1) is 35.8 Å². The van der Waals surface area contributed by atoms with Gasteiger partial charge in [-0.25, -0.2) is 0 Å². The predicted octanol–water partition coefficient (Wildman–Crippen LogP) is 5.16. The number of aliphatic carboxylic acids is 1. The lowest BCUT2D eigenvalue weighted by atomic mass is 9.55. The van der Waals surface area contributed by atoms with E-state index in [0.29, 0.717) is 12.1 Å². The van der Waals surface area contributed by atoms with Crippen molar-refractivity contribution in [1.82, 2.24) is 0 Å². The summed E-state index contributed by atoms with van der Waals surface area (Å²) in [6.07, 6.45) is -10.3. The number of methoxy groups -OCH3 is 1. The Morgan fingerprint density at radius 1 is 1.25 bits per heavy atom. The molecule has 0 fully saturated rings. The number of ether oxygens (including phenoxy) is 1. The number of rotatable bonds is 5. The van der Waals surface area contributed by atoms with Gasteiger partial charge in [0.1, 0.15) is 5.41 Å². The molecule has 0 radical (unpaired) electrons. The minimum atomic E-state index is -5.23. The van der Waals surface area contributed by atoms with Gasteiger partial charge >= 0.3 is 18.3 Å². The molecule has 32 heavy (non-hydrogen) atoms. The molecule has 176 valence electrons. The number of carboxylic acid groups (broad SMARTS) is 1. The van der Waals surface area contributed by atoms with Crippen LogP contribution in [0.5, 0.6) is 0 Å². The molecule has 1 aliphatic heterocycles. The van der Waals surface area contributed by atoms with Crippen LogP contribution >= 0.6 is 0 Å². The zero-order chi connectivity index (χ0) is 24.6. The van der Waals surface area contributed by atoms with Crippen LogP contribution < -0.4 is 0 Å². The summed E-state index contributed by atoms with van der Waals surface area (Å²) in [5.74, 6) is -5.38. The third-order valence-corrected chi connectivity index (χ3v) is 6.02. The largest absolute Gasteiger partial charge is 0.481 e. The molecule has 0 aliphatic carbocycles. The van der Waals surface area contributed by atoms with Crippen LogP contribution in [0.3, 0.4) is 0 Å². The first-order valence-corrected chi connectivity index (χ1v) is 9.58. The van der Waals surface area contributed by atoms with E-state index in [-0.39, 0.29) is 18.4 Å². The van der Waals surface area contributed by atoms with Crippen LogP contribution in [0.1, 0.15) is 43.4 Å². The Hall–Kier alpha value is -2.61. The fourth-order valence-corrected chi connectivity index (χ4v) is 4.61. The van der Waals surface area contributed by atoms with Crippen molar-refractivity contribution in [1.29, 1.82) is 5.26 Å². The van der Waals surface area contributed by atoms with Crippen LogP contribution in [0.15, 0.2) is 23.2 Å². The average Bonchev–Trinajstić information content (AvgIpc) is 2.65. The highest BCUT2D eigenvalue weighted by Gasteiger charge is 2.61.